The number of aromatic amines is 1. The van der Waals surface area contributed by atoms with E-state index in [0.717, 1.165) is 0 Å². The van der Waals surface area contributed by atoms with Crippen LogP contribution in [0.15, 0.2) is 18.5 Å². The van der Waals surface area contributed by atoms with Gasteiger partial charge in [0.25, 0.3) is 5.91 Å². The molecular formula is C12H18N2O3. The van der Waals surface area contributed by atoms with Crippen LogP contribution in [0.25, 0.3) is 0 Å². The van der Waals surface area contributed by atoms with Gasteiger partial charge in [0.15, 0.2) is 0 Å². The van der Waals surface area contributed by atoms with Crippen molar-refractivity contribution in [2.24, 2.45) is 5.92 Å². The van der Waals surface area contributed by atoms with Gasteiger partial charge >= 0.3 is 5.97 Å². The number of hydrogen-bond acceptors (Lipinski definition) is 2. The quantitative estimate of drug-likeness (QED) is 0.818. The SMILES string of the molecule is CC(C)CC(C(=O)O)N(C)C(=O)c1cc[nH]c1. The molecule has 0 aliphatic carbocycles. The number of carboxylic acid groups (broad SMARTS) is 1. The molecule has 1 amide bonds. The Balaban J connectivity index is 2.81. The predicted octanol–water partition coefficient (Wildman–Crippen LogP) is 1.59. The van der Waals surface area contributed by atoms with E-state index in [0.29, 0.717) is 12.0 Å². The van der Waals surface area contributed by atoms with E-state index >= 15 is 0 Å². The lowest BCUT2D eigenvalue weighted by atomic mass is 10.0. The van der Waals surface area contributed by atoms with E-state index in [2.05, 4.69) is 4.98 Å². The van der Waals surface area contributed by atoms with Crippen molar-refractivity contribution in [1.82, 2.24) is 9.88 Å². The van der Waals surface area contributed by atoms with E-state index in [1.807, 2.05) is 13.8 Å². The zero-order valence-corrected chi connectivity index (χ0v) is 10.3. The molecule has 0 saturated carbocycles. The third kappa shape index (κ3) is 3.34. The zero-order chi connectivity index (χ0) is 13.0. The molecule has 0 aliphatic heterocycles. The smallest absolute Gasteiger partial charge is 0.326 e. The lowest BCUT2D eigenvalue weighted by Gasteiger charge is -2.25. The van der Waals surface area contributed by atoms with Gasteiger partial charge in [-0.2, -0.15) is 0 Å². The van der Waals surface area contributed by atoms with Crippen LogP contribution < -0.4 is 0 Å². The van der Waals surface area contributed by atoms with Crippen molar-refractivity contribution in [3.05, 3.63) is 24.0 Å². The van der Waals surface area contributed by atoms with Gasteiger partial charge in [-0.05, 0) is 18.4 Å². The van der Waals surface area contributed by atoms with E-state index in [-0.39, 0.29) is 11.8 Å². The fraction of sp³-hybridized carbons (Fsp3) is 0.500. The maximum atomic E-state index is 12.0. The van der Waals surface area contributed by atoms with Crippen molar-refractivity contribution in [3.63, 3.8) is 0 Å². The second-order valence-electron chi connectivity index (χ2n) is 4.50. The molecule has 0 aliphatic rings. The first kappa shape index (κ1) is 13.3. The van der Waals surface area contributed by atoms with Crippen LogP contribution in [-0.2, 0) is 4.79 Å². The highest BCUT2D eigenvalue weighted by Crippen LogP contribution is 2.13. The van der Waals surface area contributed by atoms with E-state index < -0.39 is 12.0 Å². The molecule has 17 heavy (non-hydrogen) atoms. The average Bonchev–Trinajstić information content (AvgIpc) is 2.76. The van der Waals surface area contributed by atoms with E-state index in [4.69, 9.17) is 5.11 Å². The van der Waals surface area contributed by atoms with Crippen LogP contribution in [0, 0.1) is 5.92 Å². The molecule has 2 N–H and O–H groups in total. The van der Waals surface area contributed by atoms with Crippen LogP contribution >= 0.6 is 0 Å². The minimum Gasteiger partial charge on any atom is -0.480 e. The molecule has 0 radical (unpaired) electrons. The topological polar surface area (TPSA) is 73.4 Å². The van der Waals surface area contributed by atoms with Crippen LogP contribution in [0.2, 0.25) is 0 Å². The van der Waals surface area contributed by atoms with Gasteiger partial charge in [-0.25, -0.2) is 4.79 Å². The molecule has 1 atom stereocenters. The van der Waals surface area contributed by atoms with Crippen LogP contribution in [0.5, 0.6) is 0 Å². The summed E-state index contributed by atoms with van der Waals surface area (Å²) in [5, 5.41) is 9.14. The summed E-state index contributed by atoms with van der Waals surface area (Å²) in [5.74, 6) is -1.03. The summed E-state index contributed by atoms with van der Waals surface area (Å²) < 4.78 is 0. The van der Waals surface area contributed by atoms with Gasteiger partial charge in [0, 0.05) is 19.4 Å². The zero-order valence-electron chi connectivity index (χ0n) is 10.3. The van der Waals surface area contributed by atoms with Crippen molar-refractivity contribution in [3.8, 4) is 0 Å². The summed E-state index contributed by atoms with van der Waals surface area (Å²) in [7, 11) is 1.52. The van der Waals surface area contributed by atoms with Crippen molar-refractivity contribution in [2.45, 2.75) is 26.3 Å². The molecule has 0 bridgehead atoms. The Morgan fingerprint density at radius 2 is 2.12 bits per heavy atom. The van der Waals surface area contributed by atoms with Crippen LogP contribution in [-0.4, -0.2) is 40.0 Å². The van der Waals surface area contributed by atoms with Crippen molar-refractivity contribution < 1.29 is 14.7 Å². The highest BCUT2D eigenvalue weighted by atomic mass is 16.4. The predicted molar refractivity (Wildman–Crippen MR) is 63.8 cm³/mol. The summed E-state index contributed by atoms with van der Waals surface area (Å²) in [4.78, 5) is 27.2. The second kappa shape index (κ2) is 5.52. The summed E-state index contributed by atoms with van der Waals surface area (Å²) >= 11 is 0. The van der Waals surface area contributed by atoms with Gasteiger partial charge in [-0.3, -0.25) is 4.79 Å². The Morgan fingerprint density at radius 3 is 2.53 bits per heavy atom. The summed E-state index contributed by atoms with van der Waals surface area (Å²) in [6.07, 6.45) is 3.65. The standard InChI is InChI=1S/C12H18N2O3/c1-8(2)6-10(12(16)17)14(3)11(15)9-4-5-13-7-9/h4-5,7-8,10,13H,6H2,1-3H3,(H,16,17). The number of nitrogens with one attached hydrogen (secondary N) is 1. The normalized spacial score (nSPS) is 12.5. The fourth-order valence-corrected chi connectivity index (χ4v) is 1.67. The lowest BCUT2D eigenvalue weighted by molar-refractivity contribution is -0.142. The van der Waals surface area contributed by atoms with E-state index in [9.17, 15) is 9.59 Å². The number of aromatic nitrogens is 1. The Bertz CT molecular complexity index is 384. The Hall–Kier alpha value is -1.78. The lowest BCUT2D eigenvalue weighted by Crippen LogP contribution is -2.43. The first-order chi connectivity index (χ1) is 7.93. The fourth-order valence-electron chi connectivity index (χ4n) is 1.67. The van der Waals surface area contributed by atoms with Gasteiger partial charge in [0.05, 0.1) is 5.56 Å². The first-order valence-corrected chi connectivity index (χ1v) is 5.56. The highest BCUT2D eigenvalue weighted by Gasteiger charge is 2.27. The minimum absolute atomic E-state index is 0.220. The van der Waals surface area contributed by atoms with Gasteiger partial charge in [0.2, 0.25) is 0 Å². The van der Waals surface area contributed by atoms with Crippen LogP contribution in [0.1, 0.15) is 30.6 Å². The van der Waals surface area contributed by atoms with E-state index in [1.54, 1.807) is 18.5 Å². The van der Waals surface area contributed by atoms with E-state index in [1.165, 1.54) is 11.9 Å². The molecule has 5 nitrogen and oxygen atoms in total. The van der Waals surface area contributed by atoms with Crippen molar-refractivity contribution in [2.75, 3.05) is 7.05 Å². The summed E-state index contributed by atoms with van der Waals surface area (Å²) in [5.41, 5.74) is 0.475. The van der Waals surface area contributed by atoms with Gasteiger partial charge in [-0.15, -0.1) is 0 Å². The number of nitrogens with zero attached hydrogens (tertiary/aromatic N) is 1. The maximum absolute atomic E-state index is 12.0. The number of hydrogen-bond donors (Lipinski definition) is 2. The van der Waals surface area contributed by atoms with Gasteiger partial charge < -0.3 is 15.0 Å². The molecule has 0 aromatic carbocycles. The van der Waals surface area contributed by atoms with Gasteiger partial charge in [-0.1, -0.05) is 13.8 Å². The van der Waals surface area contributed by atoms with Crippen molar-refractivity contribution in [1.29, 1.82) is 0 Å². The summed E-state index contributed by atoms with van der Waals surface area (Å²) in [6.45, 7) is 3.87. The number of carbonyl (C=O) groups excluding carboxylic acids is 1. The average molecular weight is 238 g/mol. The van der Waals surface area contributed by atoms with Crippen molar-refractivity contribution >= 4 is 11.9 Å². The first-order valence-electron chi connectivity index (χ1n) is 5.56. The van der Waals surface area contributed by atoms with Crippen LogP contribution in [0.4, 0.5) is 0 Å². The Morgan fingerprint density at radius 1 is 1.47 bits per heavy atom. The van der Waals surface area contributed by atoms with Crippen LogP contribution in [0.3, 0.4) is 0 Å². The molecule has 0 saturated heterocycles. The number of H-pyrrole nitrogens is 1. The second-order valence-corrected chi connectivity index (χ2v) is 4.50. The molecule has 0 spiro atoms. The summed E-state index contributed by atoms with van der Waals surface area (Å²) in [6, 6.07) is 0.852. The number of aliphatic carboxylic acids is 1. The molecule has 0 fully saturated rings. The number of rotatable bonds is 5. The third-order valence-electron chi connectivity index (χ3n) is 2.61. The van der Waals surface area contributed by atoms with Gasteiger partial charge in [0.1, 0.15) is 6.04 Å². The molecule has 1 rings (SSSR count). The molecular weight excluding hydrogens is 220 g/mol. The molecule has 1 unspecified atom stereocenters. The number of carboxylic acids is 1. The molecule has 1 heterocycles. The Kier molecular flexibility index (Phi) is 4.31. The third-order valence-corrected chi connectivity index (χ3v) is 2.61. The largest absolute Gasteiger partial charge is 0.480 e. The monoisotopic (exact) mass is 238 g/mol. The minimum atomic E-state index is -0.968. The molecule has 94 valence electrons. The Labute approximate surface area is 100 Å². The maximum Gasteiger partial charge on any atom is 0.326 e. The molecule has 5 heteroatoms. The highest BCUT2D eigenvalue weighted by molar-refractivity contribution is 5.96. The number of amides is 1. The molecule has 1 aromatic heterocycles. The molecule has 1 aromatic rings. The number of carbonyl (C=O) groups is 2. The number of likely N-dealkylation sites (N-methyl/N-ethyl adjacent to an activating group) is 1.